The summed E-state index contributed by atoms with van der Waals surface area (Å²) in [5, 5.41) is 2.76. The van der Waals surface area contributed by atoms with Gasteiger partial charge in [0.05, 0.1) is 0 Å². The van der Waals surface area contributed by atoms with Gasteiger partial charge in [0.25, 0.3) is 0 Å². The Labute approximate surface area is 69.7 Å². The Bertz CT molecular complexity index is 157. The lowest BCUT2D eigenvalue weighted by Gasteiger charge is -2.39. The van der Waals surface area contributed by atoms with E-state index >= 15 is 0 Å². The van der Waals surface area contributed by atoms with Crippen LogP contribution in [-0.2, 0) is 0 Å². The van der Waals surface area contributed by atoms with Crippen LogP contribution in [0.25, 0.3) is 0 Å². The van der Waals surface area contributed by atoms with Crippen molar-refractivity contribution in [3.05, 3.63) is 0 Å². The second-order valence-corrected chi connectivity index (χ2v) is 3.23. The summed E-state index contributed by atoms with van der Waals surface area (Å²) in [5.74, 6) is 0. The lowest BCUT2D eigenvalue weighted by atomic mass is 10.1. The molecule has 1 saturated heterocycles. The number of hydrogen-bond donors (Lipinski definition) is 1. The molecular formula is C7H13F3N2. The van der Waals surface area contributed by atoms with E-state index in [2.05, 4.69) is 5.32 Å². The van der Waals surface area contributed by atoms with Gasteiger partial charge >= 0.3 is 6.18 Å². The van der Waals surface area contributed by atoms with Crippen LogP contribution in [-0.4, -0.2) is 43.3 Å². The van der Waals surface area contributed by atoms with E-state index in [1.165, 1.54) is 11.9 Å². The number of nitrogens with zero attached hydrogens (tertiary/aromatic N) is 1. The third-order valence-corrected chi connectivity index (χ3v) is 2.34. The van der Waals surface area contributed by atoms with Crippen molar-refractivity contribution in [2.45, 2.75) is 25.2 Å². The lowest BCUT2D eigenvalue weighted by Crippen LogP contribution is -2.59. The van der Waals surface area contributed by atoms with Crippen LogP contribution in [0.1, 0.15) is 6.92 Å². The Hall–Kier alpha value is -0.290. The highest BCUT2D eigenvalue weighted by atomic mass is 19.4. The largest absolute Gasteiger partial charge is 0.405 e. The first kappa shape index (κ1) is 9.80. The average Bonchev–Trinajstić information content (AvgIpc) is 1.92. The highest BCUT2D eigenvalue weighted by Crippen LogP contribution is 2.26. The fourth-order valence-corrected chi connectivity index (χ4v) is 1.37. The highest BCUT2D eigenvalue weighted by molar-refractivity contribution is 4.87. The number of likely N-dealkylation sites (N-methyl/N-ethyl adjacent to an activating group) is 1. The number of piperazine rings is 1. The molecule has 2 nitrogen and oxygen atoms in total. The van der Waals surface area contributed by atoms with E-state index in [1.54, 1.807) is 6.92 Å². The Morgan fingerprint density at radius 2 is 1.92 bits per heavy atom. The summed E-state index contributed by atoms with van der Waals surface area (Å²) in [6.07, 6.45) is -4.11. The second-order valence-electron chi connectivity index (χ2n) is 3.23. The van der Waals surface area contributed by atoms with Crippen LogP contribution in [0.5, 0.6) is 0 Å². The van der Waals surface area contributed by atoms with Gasteiger partial charge in [0.15, 0.2) is 0 Å². The molecule has 0 aliphatic carbocycles. The van der Waals surface area contributed by atoms with Crippen LogP contribution in [0.15, 0.2) is 0 Å². The van der Waals surface area contributed by atoms with Crippen molar-refractivity contribution in [2.75, 3.05) is 20.1 Å². The van der Waals surface area contributed by atoms with Crippen molar-refractivity contribution in [2.24, 2.45) is 0 Å². The lowest BCUT2D eigenvalue weighted by molar-refractivity contribution is -0.188. The van der Waals surface area contributed by atoms with Crippen LogP contribution in [0, 0.1) is 0 Å². The molecule has 0 amide bonds. The molecule has 1 N–H and O–H groups in total. The van der Waals surface area contributed by atoms with Crippen LogP contribution >= 0.6 is 0 Å². The summed E-state index contributed by atoms with van der Waals surface area (Å²) in [5.41, 5.74) is 0. The molecule has 0 aromatic rings. The van der Waals surface area contributed by atoms with Gasteiger partial charge in [0.2, 0.25) is 0 Å². The monoisotopic (exact) mass is 182 g/mol. The van der Waals surface area contributed by atoms with E-state index in [1.807, 2.05) is 0 Å². The summed E-state index contributed by atoms with van der Waals surface area (Å²) < 4.78 is 36.9. The molecule has 2 atom stereocenters. The molecule has 0 aromatic carbocycles. The third-order valence-electron chi connectivity index (χ3n) is 2.34. The Morgan fingerprint density at radius 3 is 2.33 bits per heavy atom. The van der Waals surface area contributed by atoms with Gasteiger partial charge in [-0.15, -0.1) is 0 Å². The summed E-state index contributed by atoms with van der Waals surface area (Å²) in [6.45, 7) is 2.42. The van der Waals surface area contributed by atoms with Crippen LogP contribution < -0.4 is 5.32 Å². The van der Waals surface area contributed by atoms with Crippen molar-refractivity contribution in [1.29, 1.82) is 0 Å². The standard InChI is InChI=1S/C7H13F3N2/c1-5-3-11-4-6(12(5)2)7(8,9)10/h5-6,11H,3-4H2,1-2H3. The van der Waals surface area contributed by atoms with Gasteiger partial charge in [-0.25, -0.2) is 0 Å². The van der Waals surface area contributed by atoms with Crippen LogP contribution in [0.4, 0.5) is 13.2 Å². The summed E-state index contributed by atoms with van der Waals surface area (Å²) in [4.78, 5) is 1.37. The minimum atomic E-state index is -4.11. The second kappa shape index (κ2) is 3.22. The van der Waals surface area contributed by atoms with Crippen molar-refractivity contribution >= 4 is 0 Å². The number of halogens is 3. The van der Waals surface area contributed by atoms with Gasteiger partial charge in [0.1, 0.15) is 6.04 Å². The Kier molecular flexibility index (Phi) is 2.63. The quantitative estimate of drug-likeness (QED) is 0.597. The highest BCUT2D eigenvalue weighted by Gasteiger charge is 2.44. The summed E-state index contributed by atoms with van der Waals surface area (Å²) >= 11 is 0. The first-order valence-electron chi connectivity index (χ1n) is 3.92. The van der Waals surface area contributed by atoms with Crippen molar-refractivity contribution < 1.29 is 13.2 Å². The molecule has 1 aliphatic heterocycles. The number of nitrogens with one attached hydrogen (secondary N) is 1. The third kappa shape index (κ3) is 1.90. The molecule has 12 heavy (non-hydrogen) atoms. The summed E-state index contributed by atoms with van der Waals surface area (Å²) in [6, 6.07) is -1.38. The van der Waals surface area contributed by atoms with Crippen molar-refractivity contribution in [1.82, 2.24) is 10.2 Å². The zero-order valence-corrected chi connectivity index (χ0v) is 7.15. The van der Waals surface area contributed by atoms with E-state index in [-0.39, 0.29) is 12.6 Å². The van der Waals surface area contributed by atoms with E-state index < -0.39 is 12.2 Å². The molecule has 0 aromatic heterocycles. The molecule has 1 heterocycles. The molecule has 0 radical (unpaired) electrons. The minimum absolute atomic E-state index is 0.00431. The van der Waals surface area contributed by atoms with E-state index in [0.717, 1.165) is 0 Å². The van der Waals surface area contributed by atoms with Crippen molar-refractivity contribution in [3.8, 4) is 0 Å². The maximum atomic E-state index is 12.3. The van der Waals surface area contributed by atoms with Crippen LogP contribution in [0.3, 0.4) is 0 Å². The number of hydrogen-bond acceptors (Lipinski definition) is 2. The molecule has 1 fully saturated rings. The first-order chi connectivity index (χ1) is 5.43. The molecular weight excluding hydrogens is 169 g/mol. The van der Waals surface area contributed by atoms with Gasteiger partial charge in [-0.2, -0.15) is 13.2 Å². The fraction of sp³-hybridized carbons (Fsp3) is 1.00. The zero-order valence-electron chi connectivity index (χ0n) is 7.15. The van der Waals surface area contributed by atoms with E-state index in [0.29, 0.717) is 6.54 Å². The van der Waals surface area contributed by atoms with Crippen LogP contribution in [0.2, 0.25) is 0 Å². The summed E-state index contributed by atoms with van der Waals surface area (Å²) in [7, 11) is 1.52. The predicted octanol–water partition coefficient (Wildman–Crippen LogP) is 0.841. The fourth-order valence-electron chi connectivity index (χ4n) is 1.37. The maximum Gasteiger partial charge on any atom is 0.405 e. The molecule has 5 heteroatoms. The van der Waals surface area contributed by atoms with E-state index in [9.17, 15) is 13.2 Å². The molecule has 72 valence electrons. The predicted molar refractivity (Wildman–Crippen MR) is 39.9 cm³/mol. The smallest absolute Gasteiger partial charge is 0.313 e. The zero-order chi connectivity index (χ0) is 9.35. The molecule has 0 saturated carbocycles. The molecule has 0 bridgehead atoms. The number of rotatable bonds is 0. The SMILES string of the molecule is CC1CNCC(C(F)(F)F)N1C. The van der Waals surface area contributed by atoms with Gasteiger partial charge < -0.3 is 5.32 Å². The Balaban J connectivity index is 2.64. The first-order valence-corrected chi connectivity index (χ1v) is 3.92. The minimum Gasteiger partial charge on any atom is -0.313 e. The molecule has 0 spiro atoms. The van der Waals surface area contributed by atoms with Gasteiger partial charge in [-0.3, -0.25) is 4.90 Å². The number of alkyl halides is 3. The van der Waals surface area contributed by atoms with Gasteiger partial charge in [-0.1, -0.05) is 0 Å². The van der Waals surface area contributed by atoms with E-state index in [4.69, 9.17) is 0 Å². The average molecular weight is 182 g/mol. The molecule has 2 unspecified atom stereocenters. The van der Waals surface area contributed by atoms with Crippen molar-refractivity contribution in [3.63, 3.8) is 0 Å². The maximum absolute atomic E-state index is 12.3. The molecule has 1 aliphatic rings. The normalized spacial score (nSPS) is 33.8. The van der Waals surface area contributed by atoms with Gasteiger partial charge in [0, 0.05) is 19.1 Å². The topological polar surface area (TPSA) is 15.3 Å². The Morgan fingerprint density at radius 1 is 1.33 bits per heavy atom. The van der Waals surface area contributed by atoms with Gasteiger partial charge in [-0.05, 0) is 14.0 Å². The molecule has 1 rings (SSSR count).